The van der Waals surface area contributed by atoms with Gasteiger partial charge >= 0.3 is 0 Å². The Labute approximate surface area is 169 Å². The fourth-order valence-electron chi connectivity index (χ4n) is 2.70. The number of nitrogens with zero attached hydrogens (tertiary/aromatic N) is 3. The van der Waals surface area contributed by atoms with Gasteiger partial charge in [-0.05, 0) is 68.4 Å². The summed E-state index contributed by atoms with van der Waals surface area (Å²) in [6, 6.07) is 11.5. The lowest BCUT2D eigenvalue weighted by Gasteiger charge is -2.10. The molecule has 0 radical (unpaired) electrons. The summed E-state index contributed by atoms with van der Waals surface area (Å²) in [6.07, 6.45) is 0. The molecule has 0 atom stereocenters. The molecular weight excluding hydrogens is 372 g/mol. The number of aryl methyl sites for hydroxylation is 3. The second-order valence-electron chi connectivity index (χ2n) is 6.37. The number of ether oxygens (including phenoxy) is 1. The van der Waals surface area contributed by atoms with Gasteiger partial charge in [0.1, 0.15) is 5.75 Å². The van der Waals surface area contributed by atoms with E-state index in [-0.39, 0.29) is 11.1 Å². The molecule has 0 bridgehead atoms. The Bertz CT molecular complexity index is 1080. The van der Waals surface area contributed by atoms with Crippen molar-refractivity contribution >= 4 is 45.8 Å². The zero-order valence-electron chi connectivity index (χ0n) is 16.2. The van der Waals surface area contributed by atoms with E-state index in [0.717, 1.165) is 22.3 Å². The van der Waals surface area contributed by atoms with Gasteiger partial charge in [0.2, 0.25) is 17.0 Å². The minimum absolute atomic E-state index is 0.1000. The zero-order chi connectivity index (χ0) is 20.3. The summed E-state index contributed by atoms with van der Waals surface area (Å²) >= 11 is 5.24. The highest BCUT2D eigenvalue weighted by atomic mass is 32.1. The van der Waals surface area contributed by atoms with E-state index in [1.165, 1.54) is 11.1 Å². The minimum atomic E-state index is 0.1000. The maximum Gasteiger partial charge on any atom is 0.230 e. The Kier molecular flexibility index (Phi) is 5.70. The van der Waals surface area contributed by atoms with E-state index in [4.69, 9.17) is 22.7 Å². The van der Waals surface area contributed by atoms with Crippen LogP contribution in [-0.2, 0) is 0 Å². The molecular formula is C20H22N6OS. The Morgan fingerprint density at radius 3 is 2.57 bits per heavy atom. The van der Waals surface area contributed by atoms with Crippen LogP contribution < -0.4 is 21.1 Å². The molecule has 0 aliphatic carbocycles. The minimum Gasteiger partial charge on any atom is -0.497 e. The van der Waals surface area contributed by atoms with Gasteiger partial charge in [-0.25, -0.2) is 9.97 Å². The van der Waals surface area contributed by atoms with Gasteiger partial charge < -0.3 is 15.8 Å². The number of anilines is 2. The third kappa shape index (κ3) is 4.52. The maximum atomic E-state index is 5.97. The molecule has 2 aromatic carbocycles. The molecule has 3 aromatic rings. The monoisotopic (exact) mass is 394 g/mol. The van der Waals surface area contributed by atoms with Crippen molar-refractivity contribution in [3.05, 3.63) is 53.2 Å². The molecule has 0 spiro atoms. The van der Waals surface area contributed by atoms with E-state index in [1.54, 1.807) is 7.11 Å². The molecule has 0 aliphatic rings. The standard InChI is InChI=1S/C20H22N6OS/c1-11-8-16-13(3)22-19(24-17(16)9-12(11)2)25-18(21)26-20(28)23-14-6-5-7-15(10-14)27-4/h5-10H,1-4H3,(H4,21,22,23,24,25,26,28). The molecule has 0 amide bonds. The van der Waals surface area contributed by atoms with Crippen LogP contribution in [0.3, 0.4) is 0 Å². The summed E-state index contributed by atoms with van der Waals surface area (Å²) in [5.41, 5.74) is 10.8. The molecule has 0 saturated heterocycles. The molecule has 144 valence electrons. The number of guanidine groups is 1. The van der Waals surface area contributed by atoms with Crippen molar-refractivity contribution in [3.63, 3.8) is 0 Å². The lowest BCUT2D eigenvalue weighted by molar-refractivity contribution is 0.415. The number of hydrogen-bond donors (Lipinski definition) is 3. The van der Waals surface area contributed by atoms with Crippen molar-refractivity contribution in [1.82, 2.24) is 9.97 Å². The van der Waals surface area contributed by atoms with Crippen LogP contribution in [0.25, 0.3) is 10.9 Å². The van der Waals surface area contributed by atoms with Crippen molar-refractivity contribution in [3.8, 4) is 5.75 Å². The van der Waals surface area contributed by atoms with Crippen LogP contribution in [-0.4, -0.2) is 28.1 Å². The van der Waals surface area contributed by atoms with Crippen molar-refractivity contribution in [2.24, 2.45) is 10.7 Å². The number of nitrogens with one attached hydrogen (secondary N) is 2. The molecule has 28 heavy (non-hydrogen) atoms. The van der Waals surface area contributed by atoms with Crippen LogP contribution in [0.2, 0.25) is 0 Å². The van der Waals surface area contributed by atoms with Crippen LogP contribution in [0.4, 0.5) is 11.6 Å². The van der Waals surface area contributed by atoms with E-state index < -0.39 is 0 Å². The van der Waals surface area contributed by atoms with Crippen LogP contribution in [0.1, 0.15) is 16.8 Å². The van der Waals surface area contributed by atoms with Gasteiger partial charge in [0.15, 0.2) is 0 Å². The highest BCUT2D eigenvalue weighted by molar-refractivity contribution is 7.80. The van der Waals surface area contributed by atoms with Gasteiger partial charge in [-0.2, -0.15) is 4.99 Å². The molecule has 7 nitrogen and oxygen atoms in total. The van der Waals surface area contributed by atoms with Crippen LogP contribution in [0, 0.1) is 20.8 Å². The zero-order valence-corrected chi connectivity index (χ0v) is 17.0. The number of hydrogen-bond acceptors (Lipinski definition) is 4. The van der Waals surface area contributed by atoms with Gasteiger partial charge in [0, 0.05) is 17.1 Å². The number of aliphatic imine (C=N–C) groups is 1. The lowest BCUT2D eigenvalue weighted by Crippen LogP contribution is -2.26. The Hall–Kier alpha value is -3.26. The third-order valence-corrected chi connectivity index (χ3v) is 4.48. The van der Waals surface area contributed by atoms with Crippen LogP contribution in [0.5, 0.6) is 5.75 Å². The second-order valence-corrected chi connectivity index (χ2v) is 6.76. The normalized spacial score (nSPS) is 11.4. The quantitative estimate of drug-likeness (QED) is 0.354. The number of nitrogens with two attached hydrogens (primary N) is 1. The highest BCUT2D eigenvalue weighted by Crippen LogP contribution is 2.21. The topological polar surface area (TPSA) is 97.5 Å². The first-order valence-corrected chi connectivity index (χ1v) is 9.08. The number of aromatic nitrogens is 2. The summed E-state index contributed by atoms with van der Waals surface area (Å²) in [6.45, 7) is 6.06. The Balaban J connectivity index is 1.76. The molecule has 0 saturated carbocycles. The number of methoxy groups -OCH3 is 1. The fourth-order valence-corrected chi connectivity index (χ4v) is 2.92. The van der Waals surface area contributed by atoms with Gasteiger partial charge in [0.25, 0.3) is 0 Å². The van der Waals surface area contributed by atoms with Gasteiger partial charge in [0.05, 0.1) is 18.3 Å². The van der Waals surface area contributed by atoms with E-state index in [1.807, 2.05) is 37.3 Å². The average molecular weight is 395 g/mol. The SMILES string of the molecule is COc1cccc(NC(=S)N=C(N)Nc2nc(C)c3cc(C)c(C)cc3n2)c1. The van der Waals surface area contributed by atoms with E-state index in [9.17, 15) is 0 Å². The summed E-state index contributed by atoms with van der Waals surface area (Å²) in [5, 5.41) is 7.12. The first kappa shape index (κ1) is 19.5. The largest absolute Gasteiger partial charge is 0.497 e. The fraction of sp³-hybridized carbons (Fsp3) is 0.200. The molecule has 0 unspecified atom stereocenters. The summed E-state index contributed by atoms with van der Waals surface area (Å²) < 4.78 is 5.19. The Morgan fingerprint density at radius 2 is 1.82 bits per heavy atom. The van der Waals surface area contributed by atoms with Gasteiger partial charge in [-0.15, -0.1) is 0 Å². The van der Waals surface area contributed by atoms with Crippen LogP contribution in [0.15, 0.2) is 41.4 Å². The van der Waals surface area contributed by atoms with E-state index >= 15 is 0 Å². The first-order chi connectivity index (χ1) is 13.4. The predicted molar refractivity (Wildman–Crippen MR) is 118 cm³/mol. The van der Waals surface area contributed by atoms with Crippen LogP contribution >= 0.6 is 12.2 Å². The highest BCUT2D eigenvalue weighted by Gasteiger charge is 2.08. The second kappa shape index (κ2) is 8.18. The molecule has 0 fully saturated rings. The van der Waals surface area contributed by atoms with E-state index in [0.29, 0.717) is 11.7 Å². The summed E-state index contributed by atoms with van der Waals surface area (Å²) in [5.74, 6) is 1.19. The first-order valence-electron chi connectivity index (χ1n) is 8.67. The number of benzene rings is 2. The predicted octanol–water partition coefficient (Wildman–Crippen LogP) is 3.69. The summed E-state index contributed by atoms with van der Waals surface area (Å²) in [7, 11) is 1.60. The Morgan fingerprint density at radius 1 is 1.07 bits per heavy atom. The van der Waals surface area contributed by atoms with Crippen molar-refractivity contribution in [2.45, 2.75) is 20.8 Å². The smallest absolute Gasteiger partial charge is 0.230 e. The number of rotatable bonds is 3. The van der Waals surface area contributed by atoms with Crippen molar-refractivity contribution in [2.75, 3.05) is 17.7 Å². The van der Waals surface area contributed by atoms with Gasteiger partial charge in [-0.1, -0.05) is 6.07 Å². The number of thiocarbonyl (C=S) groups is 1. The molecule has 8 heteroatoms. The average Bonchev–Trinajstić information content (AvgIpc) is 2.63. The third-order valence-electron chi connectivity index (χ3n) is 4.28. The lowest BCUT2D eigenvalue weighted by atomic mass is 10.1. The van der Waals surface area contributed by atoms with Crippen molar-refractivity contribution in [1.29, 1.82) is 0 Å². The number of fused-ring (bicyclic) bond motifs is 1. The molecule has 3 rings (SSSR count). The van der Waals surface area contributed by atoms with Gasteiger partial charge in [-0.3, -0.25) is 5.32 Å². The van der Waals surface area contributed by atoms with Crippen molar-refractivity contribution < 1.29 is 4.74 Å². The molecule has 4 N–H and O–H groups in total. The van der Waals surface area contributed by atoms with E-state index in [2.05, 4.69) is 45.5 Å². The molecule has 0 aliphatic heterocycles. The molecule has 1 heterocycles. The maximum absolute atomic E-state index is 5.97. The summed E-state index contributed by atoms with van der Waals surface area (Å²) in [4.78, 5) is 13.1. The molecule has 1 aromatic heterocycles.